The molecule has 0 saturated carbocycles. The van der Waals surface area contributed by atoms with E-state index in [1.54, 1.807) is 30.3 Å². The van der Waals surface area contributed by atoms with Gasteiger partial charge in [0.1, 0.15) is 5.52 Å². The number of hydrogen-bond acceptors (Lipinski definition) is 4. The number of amides is 1. The van der Waals surface area contributed by atoms with Crippen molar-refractivity contribution in [3.8, 4) is 0 Å². The summed E-state index contributed by atoms with van der Waals surface area (Å²) in [5.74, 6) is 0.580. The average Bonchev–Trinajstić information content (AvgIpc) is 3.11. The fraction of sp³-hybridized carbons (Fsp3) is 0.300. The van der Waals surface area contributed by atoms with E-state index in [1.165, 1.54) is 4.68 Å². The molecule has 2 heterocycles. The lowest BCUT2D eigenvalue weighted by Crippen LogP contribution is -2.40. The van der Waals surface area contributed by atoms with E-state index in [1.807, 2.05) is 23.1 Å². The van der Waals surface area contributed by atoms with Gasteiger partial charge in [-0.1, -0.05) is 42.5 Å². The maximum Gasteiger partial charge on any atom is 0.346 e. The number of likely N-dealkylation sites (tertiary alicyclic amines) is 1. The number of piperidine rings is 1. The number of aromatic nitrogens is 3. The number of benzene rings is 2. The molecule has 132 valence electrons. The molecule has 1 aromatic heterocycles. The monoisotopic (exact) mass is 348 g/mol. The fourth-order valence-electron chi connectivity index (χ4n) is 3.30. The highest BCUT2D eigenvalue weighted by atomic mass is 16.2. The molecule has 1 aliphatic rings. The van der Waals surface area contributed by atoms with Crippen LogP contribution in [0.3, 0.4) is 0 Å². The van der Waals surface area contributed by atoms with Gasteiger partial charge in [0.25, 0.3) is 0 Å². The van der Waals surface area contributed by atoms with Crippen LogP contribution in [-0.4, -0.2) is 44.8 Å². The van der Waals surface area contributed by atoms with Gasteiger partial charge in [-0.2, -0.15) is 4.68 Å². The van der Waals surface area contributed by atoms with E-state index in [0.29, 0.717) is 28.1 Å². The number of carbonyl (C=O) groups excluding carboxylic acids is 2. The van der Waals surface area contributed by atoms with Crippen molar-refractivity contribution in [2.24, 2.45) is 5.92 Å². The van der Waals surface area contributed by atoms with Gasteiger partial charge in [-0.25, -0.2) is 4.79 Å². The van der Waals surface area contributed by atoms with Crippen LogP contribution >= 0.6 is 0 Å². The Labute approximate surface area is 151 Å². The Hall–Kier alpha value is -3.02. The Morgan fingerprint density at radius 3 is 2.46 bits per heavy atom. The van der Waals surface area contributed by atoms with E-state index in [-0.39, 0.29) is 11.8 Å². The maximum absolute atomic E-state index is 12.7. The summed E-state index contributed by atoms with van der Waals surface area (Å²) in [5.41, 5.74) is 2.33. The summed E-state index contributed by atoms with van der Waals surface area (Å²) in [4.78, 5) is 27.1. The van der Waals surface area contributed by atoms with Crippen LogP contribution in [0.4, 0.5) is 4.79 Å². The number of carbonyl (C=O) groups is 2. The van der Waals surface area contributed by atoms with Crippen molar-refractivity contribution in [2.75, 3.05) is 13.1 Å². The van der Waals surface area contributed by atoms with Crippen LogP contribution in [0, 0.1) is 5.92 Å². The van der Waals surface area contributed by atoms with Gasteiger partial charge in [-0.05, 0) is 37.0 Å². The van der Waals surface area contributed by atoms with Gasteiger partial charge in [0.2, 0.25) is 0 Å². The number of ketones is 1. The number of fused-ring (bicyclic) bond motifs is 1. The third-order valence-electron chi connectivity index (χ3n) is 4.98. The molecule has 0 radical (unpaired) electrons. The molecule has 0 bridgehead atoms. The average molecular weight is 348 g/mol. The first kappa shape index (κ1) is 16.4. The SMILES string of the molecule is CC1CCN(C(=O)n2nnc3cc(C(=O)c4ccccc4)ccc32)CC1. The predicted molar refractivity (Wildman–Crippen MR) is 98.2 cm³/mol. The van der Waals surface area contributed by atoms with Crippen molar-refractivity contribution < 1.29 is 9.59 Å². The molecule has 2 aromatic carbocycles. The molecule has 1 amide bonds. The van der Waals surface area contributed by atoms with Crippen LogP contribution in [0.15, 0.2) is 48.5 Å². The van der Waals surface area contributed by atoms with Crippen LogP contribution in [0.5, 0.6) is 0 Å². The van der Waals surface area contributed by atoms with Crippen LogP contribution in [0.1, 0.15) is 35.7 Å². The summed E-state index contributed by atoms with van der Waals surface area (Å²) in [5, 5.41) is 8.13. The Kier molecular flexibility index (Phi) is 4.24. The lowest BCUT2D eigenvalue weighted by molar-refractivity contribution is 0.103. The molecule has 0 spiro atoms. The van der Waals surface area contributed by atoms with E-state index in [4.69, 9.17) is 0 Å². The molecule has 3 aromatic rings. The number of rotatable bonds is 2. The van der Waals surface area contributed by atoms with Gasteiger partial charge in [-0.15, -0.1) is 5.10 Å². The Balaban J connectivity index is 1.62. The summed E-state index contributed by atoms with van der Waals surface area (Å²) >= 11 is 0. The molecule has 6 nitrogen and oxygen atoms in total. The zero-order chi connectivity index (χ0) is 18.1. The van der Waals surface area contributed by atoms with Crippen molar-refractivity contribution in [2.45, 2.75) is 19.8 Å². The quantitative estimate of drug-likeness (QED) is 0.666. The largest absolute Gasteiger partial charge is 0.346 e. The first-order chi connectivity index (χ1) is 12.6. The third-order valence-corrected chi connectivity index (χ3v) is 4.98. The molecule has 6 heteroatoms. The van der Waals surface area contributed by atoms with Gasteiger partial charge in [0.05, 0.1) is 5.52 Å². The van der Waals surface area contributed by atoms with E-state index in [0.717, 1.165) is 25.9 Å². The van der Waals surface area contributed by atoms with Crippen molar-refractivity contribution in [3.63, 3.8) is 0 Å². The minimum atomic E-state index is -0.151. The number of hydrogen-bond donors (Lipinski definition) is 0. The molecule has 0 unspecified atom stereocenters. The molecule has 26 heavy (non-hydrogen) atoms. The topological polar surface area (TPSA) is 68.1 Å². The fourth-order valence-corrected chi connectivity index (χ4v) is 3.30. The zero-order valence-electron chi connectivity index (χ0n) is 14.6. The van der Waals surface area contributed by atoms with Crippen LogP contribution < -0.4 is 0 Å². The summed E-state index contributed by atoms with van der Waals surface area (Å²) < 4.78 is 1.34. The van der Waals surface area contributed by atoms with Crippen LogP contribution in [-0.2, 0) is 0 Å². The lowest BCUT2D eigenvalue weighted by atomic mass is 10.00. The van der Waals surface area contributed by atoms with Crippen molar-refractivity contribution in [3.05, 3.63) is 59.7 Å². The van der Waals surface area contributed by atoms with Gasteiger partial charge in [0.15, 0.2) is 5.78 Å². The van der Waals surface area contributed by atoms with Gasteiger partial charge in [-0.3, -0.25) is 4.79 Å². The highest BCUT2D eigenvalue weighted by molar-refractivity contribution is 6.10. The second-order valence-electron chi connectivity index (χ2n) is 6.85. The minimum absolute atomic E-state index is 0.0709. The first-order valence-corrected chi connectivity index (χ1v) is 8.88. The molecule has 0 N–H and O–H groups in total. The molecule has 1 saturated heterocycles. The molecule has 1 fully saturated rings. The van der Waals surface area contributed by atoms with Crippen molar-refractivity contribution in [1.29, 1.82) is 0 Å². The Bertz CT molecular complexity index is 956. The van der Waals surface area contributed by atoms with E-state index in [2.05, 4.69) is 17.2 Å². The van der Waals surface area contributed by atoms with E-state index < -0.39 is 0 Å². The molecule has 1 aliphatic heterocycles. The van der Waals surface area contributed by atoms with Crippen molar-refractivity contribution in [1.82, 2.24) is 19.9 Å². The standard InChI is InChI=1S/C20H20N4O2/c1-14-9-11-23(12-10-14)20(26)24-18-8-7-16(13-17(18)21-22-24)19(25)15-5-3-2-4-6-15/h2-8,13-14H,9-12H2,1H3. The van der Waals surface area contributed by atoms with Gasteiger partial charge in [0, 0.05) is 24.2 Å². The summed E-state index contributed by atoms with van der Waals surface area (Å²) in [6.45, 7) is 3.69. The summed E-state index contributed by atoms with van der Waals surface area (Å²) in [7, 11) is 0. The van der Waals surface area contributed by atoms with Crippen LogP contribution in [0.25, 0.3) is 11.0 Å². The van der Waals surface area contributed by atoms with Gasteiger partial charge < -0.3 is 4.90 Å². The Morgan fingerprint density at radius 1 is 1.00 bits per heavy atom. The van der Waals surface area contributed by atoms with Crippen molar-refractivity contribution >= 4 is 22.8 Å². The molecule has 0 atom stereocenters. The molecule has 0 aliphatic carbocycles. The Morgan fingerprint density at radius 2 is 1.73 bits per heavy atom. The predicted octanol–water partition coefficient (Wildman–Crippen LogP) is 3.36. The minimum Gasteiger partial charge on any atom is -0.323 e. The van der Waals surface area contributed by atoms with Crippen LogP contribution in [0.2, 0.25) is 0 Å². The molecular weight excluding hydrogens is 328 g/mol. The lowest BCUT2D eigenvalue weighted by Gasteiger charge is -2.29. The van der Waals surface area contributed by atoms with E-state index >= 15 is 0 Å². The first-order valence-electron chi connectivity index (χ1n) is 8.88. The third kappa shape index (κ3) is 2.98. The summed E-state index contributed by atoms with van der Waals surface area (Å²) in [6, 6.07) is 14.1. The highest BCUT2D eigenvalue weighted by Gasteiger charge is 2.24. The zero-order valence-corrected chi connectivity index (χ0v) is 14.6. The van der Waals surface area contributed by atoms with E-state index in [9.17, 15) is 9.59 Å². The number of nitrogens with zero attached hydrogens (tertiary/aromatic N) is 4. The molecular formula is C20H20N4O2. The highest BCUT2D eigenvalue weighted by Crippen LogP contribution is 2.20. The van der Waals surface area contributed by atoms with Gasteiger partial charge >= 0.3 is 6.03 Å². The second-order valence-corrected chi connectivity index (χ2v) is 6.85. The summed E-state index contributed by atoms with van der Waals surface area (Å²) in [6.07, 6.45) is 2.02. The smallest absolute Gasteiger partial charge is 0.323 e. The maximum atomic E-state index is 12.7. The second kappa shape index (κ2) is 6.71. The normalized spacial score (nSPS) is 15.3. The molecule has 4 rings (SSSR count).